The molecule has 1 aromatic rings. The van der Waals surface area contributed by atoms with Crippen LogP contribution in [0.5, 0.6) is 0 Å². The van der Waals surface area contributed by atoms with Crippen molar-refractivity contribution in [2.75, 3.05) is 20.6 Å². The van der Waals surface area contributed by atoms with Crippen LogP contribution >= 0.6 is 0 Å². The quantitative estimate of drug-likeness (QED) is 0.661. The Kier molecular flexibility index (Phi) is 3.19. The Labute approximate surface area is 78.2 Å². The van der Waals surface area contributed by atoms with Gasteiger partial charge < -0.3 is 9.47 Å². The third kappa shape index (κ3) is 2.99. The highest BCUT2D eigenvalue weighted by molar-refractivity contribution is 5.82. The SMILES string of the molecule is CN(C)CC(=O)Cc1nccn1C. The van der Waals surface area contributed by atoms with Crippen molar-refractivity contribution in [3.05, 3.63) is 18.2 Å². The van der Waals surface area contributed by atoms with Gasteiger partial charge in [0.2, 0.25) is 0 Å². The molecule has 0 aliphatic carbocycles. The average molecular weight is 181 g/mol. The summed E-state index contributed by atoms with van der Waals surface area (Å²) < 4.78 is 1.87. The first-order valence-corrected chi connectivity index (χ1v) is 4.22. The molecular formula is C9H15N3O. The molecule has 0 saturated carbocycles. The highest BCUT2D eigenvalue weighted by Crippen LogP contribution is 1.96. The molecule has 4 heteroatoms. The second kappa shape index (κ2) is 4.18. The smallest absolute Gasteiger partial charge is 0.154 e. The lowest BCUT2D eigenvalue weighted by atomic mass is 10.2. The van der Waals surface area contributed by atoms with Gasteiger partial charge in [0, 0.05) is 19.4 Å². The van der Waals surface area contributed by atoms with E-state index in [-0.39, 0.29) is 5.78 Å². The molecular weight excluding hydrogens is 166 g/mol. The van der Waals surface area contributed by atoms with Gasteiger partial charge in [0.1, 0.15) is 5.82 Å². The number of ketones is 1. The highest BCUT2D eigenvalue weighted by Gasteiger charge is 2.07. The molecule has 0 aliphatic heterocycles. The van der Waals surface area contributed by atoms with Crippen LogP contribution < -0.4 is 0 Å². The van der Waals surface area contributed by atoms with Crippen LogP contribution in [-0.2, 0) is 18.3 Å². The summed E-state index contributed by atoms with van der Waals surface area (Å²) in [6.07, 6.45) is 3.97. The topological polar surface area (TPSA) is 38.1 Å². The van der Waals surface area contributed by atoms with Gasteiger partial charge in [0.25, 0.3) is 0 Å². The summed E-state index contributed by atoms with van der Waals surface area (Å²) in [4.78, 5) is 17.3. The lowest BCUT2D eigenvalue weighted by Crippen LogP contribution is -2.23. The summed E-state index contributed by atoms with van der Waals surface area (Å²) >= 11 is 0. The summed E-state index contributed by atoms with van der Waals surface area (Å²) in [5.41, 5.74) is 0. The molecule has 0 unspecified atom stereocenters. The van der Waals surface area contributed by atoms with Gasteiger partial charge in [-0.3, -0.25) is 4.79 Å². The number of hydrogen-bond acceptors (Lipinski definition) is 3. The maximum absolute atomic E-state index is 11.4. The molecule has 1 aromatic heterocycles. The van der Waals surface area contributed by atoms with Gasteiger partial charge in [-0.25, -0.2) is 4.98 Å². The molecule has 0 aromatic carbocycles. The second-order valence-electron chi connectivity index (χ2n) is 3.41. The van der Waals surface area contributed by atoms with E-state index in [1.165, 1.54) is 0 Å². The van der Waals surface area contributed by atoms with Crippen molar-refractivity contribution in [2.24, 2.45) is 7.05 Å². The molecule has 0 fully saturated rings. The molecule has 72 valence electrons. The number of aromatic nitrogens is 2. The van der Waals surface area contributed by atoms with Gasteiger partial charge in [-0.2, -0.15) is 0 Å². The number of rotatable bonds is 4. The maximum Gasteiger partial charge on any atom is 0.154 e. The summed E-state index contributed by atoms with van der Waals surface area (Å²) in [6.45, 7) is 0.479. The van der Waals surface area contributed by atoms with Crippen molar-refractivity contribution >= 4 is 5.78 Å². The molecule has 0 saturated heterocycles. The number of aryl methyl sites for hydroxylation is 1. The number of imidazole rings is 1. The predicted octanol–water partition coefficient (Wildman–Crippen LogP) is 0.0933. The fraction of sp³-hybridized carbons (Fsp3) is 0.556. The molecule has 0 spiro atoms. The summed E-state index contributed by atoms with van der Waals surface area (Å²) in [6, 6.07) is 0. The summed E-state index contributed by atoms with van der Waals surface area (Å²) in [7, 11) is 5.66. The predicted molar refractivity (Wildman–Crippen MR) is 50.5 cm³/mol. The number of Topliss-reactive ketones (excluding diaryl/α,β-unsaturated/α-hetero) is 1. The molecule has 0 atom stereocenters. The van der Waals surface area contributed by atoms with Crippen LogP contribution in [0.25, 0.3) is 0 Å². The highest BCUT2D eigenvalue weighted by atomic mass is 16.1. The first-order valence-electron chi connectivity index (χ1n) is 4.22. The van der Waals surface area contributed by atoms with Crippen LogP contribution in [0.2, 0.25) is 0 Å². The fourth-order valence-corrected chi connectivity index (χ4v) is 1.15. The van der Waals surface area contributed by atoms with E-state index in [1.807, 2.05) is 36.8 Å². The third-order valence-corrected chi connectivity index (χ3v) is 1.77. The first-order chi connectivity index (χ1) is 6.09. The van der Waals surface area contributed by atoms with Crippen molar-refractivity contribution in [1.29, 1.82) is 0 Å². The largest absolute Gasteiger partial charge is 0.338 e. The Morgan fingerprint density at radius 1 is 1.62 bits per heavy atom. The van der Waals surface area contributed by atoms with Crippen molar-refractivity contribution < 1.29 is 4.79 Å². The van der Waals surface area contributed by atoms with E-state index in [4.69, 9.17) is 0 Å². The molecule has 0 aliphatic rings. The molecule has 13 heavy (non-hydrogen) atoms. The van der Waals surface area contributed by atoms with E-state index in [9.17, 15) is 4.79 Å². The van der Waals surface area contributed by atoms with Gasteiger partial charge in [-0.05, 0) is 14.1 Å². The van der Waals surface area contributed by atoms with Gasteiger partial charge in [-0.1, -0.05) is 0 Å². The van der Waals surface area contributed by atoms with Gasteiger partial charge >= 0.3 is 0 Å². The van der Waals surface area contributed by atoms with Gasteiger partial charge in [0.05, 0.1) is 13.0 Å². The molecule has 0 N–H and O–H groups in total. The number of likely N-dealkylation sites (N-methyl/N-ethyl adjacent to an activating group) is 1. The Morgan fingerprint density at radius 2 is 2.31 bits per heavy atom. The number of carbonyl (C=O) groups is 1. The minimum Gasteiger partial charge on any atom is -0.338 e. The number of hydrogen-bond donors (Lipinski definition) is 0. The van der Waals surface area contributed by atoms with E-state index >= 15 is 0 Å². The average Bonchev–Trinajstić information content (AvgIpc) is 2.34. The minimum absolute atomic E-state index is 0.194. The summed E-state index contributed by atoms with van der Waals surface area (Å²) in [5, 5.41) is 0. The van der Waals surface area contributed by atoms with Crippen LogP contribution in [0.1, 0.15) is 5.82 Å². The molecule has 1 heterocycles. The van der Waals surface area contributed by atoms with Crippen molar-refractivity contribution in [3.63, 3.8) is 0 Å². The Balaban J connectivity index is 2.50. The second-order valence-corrected chi connectivity index (χ2v) is 3.41. The van der Waals surface area contributed by atoms with Gasteiger partial charge in [-0.15, -0.1) is 0 Å². The lowest BCUT2D eigenvalue weighted by molar-refractivity contribution is -0.119. The fourth-order valence-electron chi connectivity index (χ4n) is 1.15. The Hall–Kier alpha value is -1.16. The van der Waals surface area contributed by atoms with Crippen LogP contribution in [0.15, 0.2) is 12.4 Å². The Morgan fingerprint density at radius 3 is 2.77 bits per heavy atom. The standard InChI is InChI=1S/C9H15N3O/c1-11(2)7-8(13)6-9-10-4-5-12(9)3/h4-5H,6-7H2,1-3H3. The monoisotopic (exact) mass is 181 g/mol. The van der Waals surface area contributed by atoms with Crippen LogP contribution in [0.4, 0.5) is 0 Å². The van der Waals surface area contributed by atoms with E-state index in [0.717, 1.165) is 5.82 Å². The van der Waals surface area contributed by atoms with E-state index in [0.29, 0.717) is 13.0 Å². The van der Waals surface area contributed by atoms with E-state index in [1.54, 1.807) is 6.20 Å². The summed E-state index contributed by atoms with van der Waals surface area (Å²) in [5.74, 6) is 1.02. The zero-order valence-corrected chi connectivity index (χ0v) is 8.32. The molecule has 0 radical (unpaired) electrons. The maximum atomic E-state index is 11.4. The van der Waals surface area contributed by atoms with Crippen molar-refractivity contribution in [1.82, 2.24) is 14.5 Å². The zero-order valence-electron chi connectivity index (χ0n) is 8.32. The third-order valence-electron chi connectivity index (χ3n) is 1.77. The number of nitrogens with zero attached hydrogens (tertiary/aromatic N) is 3. The molecule has 1 rings (SSSR count). The first kappa shape index (κ1) is 9.92. The number of carbonyl (C=O) groups excluding carboxylic acids is 1. The van der Waals surface area contributed by atoms with Crippen molar-refractivity contribution in [3.8, 4) is 0 Å². The normalized spacial score (nSPS) is 10.8. The molecule has 4 nitrogen and oxygen atoms in total. The van der Waals surface area contributed by atoms with Crippen LogP contribution in [-0.4, -0.2) is 40.9 Å². The molecule has 0 bridgehead atoms. The zero-order chi connectivity index (χ0) is 9.84. The molecule has 0 amide bonds. The van der Waals surface area contributed by atoms with Crippen molar-refractivity contribution in [2.45, 2.75) is 6.42 Å². The van der Waals surface area contributed by atoms with Crippen LogP contribution in [0.3, 0.4) is 0 Å². The van der Waals surface area contributed by atoms with Crippen LogP contribution in [0, 0.1) is 0 Å². The van der Waals surface area contributed by atoms with Gasteiger partial charge in [0.15, 0.2) is 5.78 Å². The minimum atomic E-state index is 0.194. The lowest BCUT2D eigenvalue weighted by Gasteiger charge is -2.07. The van der Waals surface area contributed by atoms with E-state index < -0.39 is 0 Å². The van der Waals surface area contributed by atoms with E-state index in [2.05, 4.69) is 4.98 Å². The Bertz CT molecular complexity index is 291.